The smallest absolute Gasteiger partial charge is 0.0443 e. The summed E-state index contributed by atoms with van der Waals surface area (Å²) in [7, 11) is 0. The van der Waals surface area contributed by atoms with Crippen LogP contribution in [0.15, 0.2) is 27.9 Å². The summed E-state index contributed by atoms with van der Waals surface area (Å²) in [4.78, 5) is 5.64. The van der Waals surface area contributed by atoms with Gasteiger partial charge in [0.15, 0.2) is 0 Å². The third-order valence-electron chi connectivity index (χ3n) is 1.22. The summed E-state index contributed by atoms with van der Waals surface area (Å²) in [6.45, 7) is 0.382. The molecular weight excluding hydrogens is 220 g/mol. The van der Waals surface area contributed by atoms with Gasteiger partial charge in [0.1, 0.15) is 0 Å². The number of hydrogen-bond acceptors (Lipinski definition) is 1. The van der Waals surface area contributed by atoms with Crippen LogP contribution in [0.5, 0.6) is 0 Å². The zero-order chi connectivity index (χ0) is 8.81. The molecule has 0 radical (unpaired) electrons. The fourth-order valence-electron chi connectivity index (χ4n) is 0.744. The van der Waals surface area contributed by atoms with Crippen LogP contribution in [0.1, 0.15) is 5.69 Å². The van der Waals surface area contributed by atoms with E-state index in [-0.39, 0.29) is 0 Å². The van der Waals surface area contributed by atoms with Crippen molar-refractivity contribution in [3.63, 3.8) is 0 Å². The molecule has 1 N–H and O–H groups in total. The Hall–Kier alpha value is -1.19. The SMILES string of the molecule is [N-]=[N+]=NCC=Cc1cc(Br)c[nH]1. The van der Waals surface area contributed by atoms with Crippen LogP contribution in [0, 0.1) is 0 Å². The number of halogens is 1. The molecule has 0 atom stereocenters. The largest absolute Gasteiger partial charge is 0.361 e. The maximum absolute atomic E-state index is 7.98. The Bertz CT molecular complexity index is 322. The van der Waals surface area contributed by atoms with Gasteiger partial charge in [0.2, 0.25) is 0 Å². The van der Waals surface area contributed by atoms with E-state index in [1.165, 1.54) is 0 Å². The van der Waals surface area contributed by atoms with Gasteiger partial charge in [-0.15, -0.1) is 0 Å². The lowest BCUT2D eigenvalue weighted by Gasteiger charge is -1.81. The molecule has 1 heterocycles. The highest BCUT2D eigenvalue weighted by Crippen LogP contribution is 2.11. The van der Waals surface area contributed by atoms with Crippen LogP contribution in [-0.4, -0.2) is 11.5 Å². The standard InChI is InChI=1S/C7H7BrN4/c8-6-4-7(10-5-6)2-1-3-11-12-9/h1-2,4-5,10H,3H2. The molecule has 0 spiro atoms. The number of aromatic nitrogens is 1. The summed E-state index contributed by atoms with van der Waals surface area (Å²) in [5.74, 6) is 0. The maximum atomic E-state index is 7.98. The van der Waals surface area contributed by atoms with Crippen LogP contribution in [-0.2, 0) is 0 Å². The maximum Gasteiger partial charge on any atom is 0.0443 e. The van der Waals surface area contributed by atoms with E-state index < -0.39 is 0 Å². The fourth-order valence-corrected chi connectivity index (χ4v) is 1.10. The molecule has 0 saturated carbocycles. The highest BCUT2D eigenvalue weighted by atomic mass is 79.9. The van der Waals surface area contributed by atoms with E-state index in [0.29, 0.717) is 6.54 Å². The van der Waals surface area contributed by atoms with Crippen LogP contribution in [0.3, 0.4) is 0 Å². The van der Waals surface area contributed by atoms with Crippen LogP contribution < -0.4 is 0 Å². The Morgan fingerprint density at radius 3 is 3.17 bits per heavy atom. The number of rotatable bonds is 3. The minimum absolute atomic E-state index is 0.382. The molecule has 0 aromatic carbocycles. The van der Waals surface area contributed by atoms with E-state index in [4.69, 9.17) is 5.53 Å². The van der Waals surface area contributed by atoms with Crippen LogP contribution in [0.4, 0.5) is 0 Å². The second kappa shape index (κ2) is 4.64. The minimum Gasteiger partial charge on any atom is -0.361 e. The minimum atomic E-state index is 0.382. The van der Waals surface area contributed by atoms with E-state index in [2.05, 4.69) is 30.9 Å². The Morgan fingerprint density at radius 2 is 2.58 bits per heavy atom. The number of aromatic amines is 1. The van der Waals surface area contributed by atoms with Crippen LogP contribution in [0.25, 0.3) is 16.5 Å². The fraction of sp³-hybridized carbons (Fsp3) is 0.143. The summed E-state index contributed by atoms with van der Waals surface area (Å²) >= 11 is 3.31. The van der Waals surface area contributed by atoms with Gasteiger partial charge in [-0.05, 0) is 33.6 Å². The van der Waals surface area contributed by atoms with Crippen molar-refractivity contribution in [2.75, 3.05) is 6.54 Å². The van der Waals surface area contributed by atoms with Gasteiger partial charge in [-0.2, -0.15) is 0 Å². The first kappa shape index (κ1) is 8.90. The van der Waals surface area contributed by atoms with Crippen molar-refractivity contribution in [2.45, 2.75) is 0 Å². The van der Waals surface area contributed by atoms with E-state index in [1.54, 1.807) is 6.08 Å². The monoisotopic (exact) mass is 226 g/mol. The quantitative estimate of drug-likeness (QED) is 0.468. The molecule has 0 aliphatic heterocycles. The lowest BCUT2D eigenvalue weighted by Crippen LogP contribution is -1.70. The molecule has 4 nitrogen and oxygen atoms in total. The molecule has 0 aliphatic carbocycles. The van der Waals surface area contributed by atoms with E-state index in [0.717, 1.165) is 10.2 Å². The molecule has 0 aliphatic rings. The van der Waals surface area contributed by atoms with E-state index in [9.17, 15) is 0 Å². The van der Waals surface area contributed by atoms with Gasteiger partial charge in [0, 0.05) is 27.8 Å². The first-order chi connectivity index (χ1) is 5.83. The van der Waals surface area contributed by atoms with Gasteiger partial charge in [-0.3, -0.25) is 0 Å². The molecule has 12 heavy (non-hydrogen) atoms. The van der Waals surface area contributed by atoms with Gasteiger partial charge >= 0.3 is 0 Å². The van der Waals surface area contributed by atoms with Crippen molar-refractivity contribution in [1.82, 2.24) is 4.98 Å². The van der Waals surface area contributed by atoms with Crippen molar-refractivity contribution in [1.29, 1.82) is 0 Å². The van der Waals surface area contributed by atoms with Crippen molar-refractivity contribution in [3.8, 4) is 0 Å². The van der Waals surface area contributed by atoms with Crippen molar-refractivity contribution < 1.29 is 0 Å². The number of nitrogens with one attached hydrogen (secondary N) is 1. The highest BCUT2D eigenvalue weighted by Gasteiger charge is 1.89. The number of hydrogen-bond donors (Lipinski definition) is 1. The second-order valence-electron chi connectivity index (χ2n) is 2.09. The first-order valence-electron chi connectivity index (χ1n) is 3.34. The van der Waals surface area contributed by atoms with Crippen molar-refractivity contribution in [3.05, 3.63) is 38.9 Å². The molecule has 0 amide bonds. The van der Waals surface area contributed by atoms with Gasteiger partial charge in [-0.25, -0.2) is 0 Å². The lowest BCUT2D eigenvalue weighted by atomic mass is 10.4. The Morgan fingerprint density at radius 1 is 1.75 bits per heavy atom. The van der Waals surface area contributed by atoms with Gasteiger partial charge < -0.3 is 4.98 Å². The summed E-state index contributed by atoms with van der Waals surface area (Å²) in [6, 6.07) is 1.94. The third-order valence-corrected chi connectivity index (χ3v) is 1.68. The van der Waals surface area contributed by atoms with Crippen molar-refractivity contribution >= 4 is 22.0 Å². The van der Waals surface area contributed by atoms with Crippen molar-refractivity contribution in [2.24, 2.45) is 5.11 Å². The molecule has 5 heteroatoms. The Labute approximate surface area is 78.0 Å². The average Bonchev–Trinajstić information content (AvgIpc) is 2.45. The molecule has 0 fully saturated rings. The summed E-state index contributed by atoms with van der Waals surface area (Å²) in [5.41, 5.74) is 8.96. The zero-order valence-corrected chi connectivity index (χ0v) is 7.82. The summed E-state index contributed by atoms with van der Waals surface area (Å²) in [6.07, 6.45) is 5.49. The summed E-state index contributed by atoms with van der Waals surface area (Å²) in [5, 5.41) is 3.36. The molecule has 1 aromatic heterocycles. The van der Waals surface area contributed by atoms with E-state index >= 15 is 0 Å². The lowest BCUT2D eigenvalue weighted by molar-refractivity contribution is 1.22. The molecular formula is C7H7BrN4. The van der Waals surface area contributed by atoms with Crippen LogP contribution >= 0.6 is 15.9 Å². The normalized spacial score (nSPS) is 10.1. The first-order valence-corrected chi connectivity index (χ1v) is 4.13. The number of nitrogens with zero attached hydrogens (tertiary/aromatic N) is 3. The molecule has 0 unspecified atom stereocenters. The number of azide groups is 1. The van der Waals surface area contributed by atoms with Gasteiger partial charge in [-0.1, -0.05) is 11.2 Å². The third kappa shape index (κ3) is 2.82. The molecule has 62 valence electrons. The molecule has 1 aromatic rings. The molecule has 0 bridgehead atoms. The predicted molar refractivity (Wildman–Crippen MR) is 51.5 cm³/mol. The van der Waals surface area contributed by atoms with Gasteiger partial charge in [0.25, 0.3) is 0 Å². The van der Waals surface area contributed by atoms with E-state index in [1.807, 2.05) is 18.3 Å². The van der Waals surface area contributed by atoms with Gasteiger partial charge in [0.05, 0.1) is 0 Å². The molecule has 1 rings (SSSR count). The highest BCUT2D eigenvalue weighted by molar-refractivity contribution is 9.10. The predicted octanol–water partition coefficient (Wildman–Crippen LogP) is 3.10. The second-order valence-corrected chi connectivity index (χ2v) is 3.00. The Kier molecular flexibility index (Phi) is 3.44. The topological polar surface area (TPSA) is 64.6 Å². The average molecular weight is 227 g/mol. The zero-order valence-electron chi connectivity index (χ0n) is 6.24. The number of H-pyrrole nitrogens is 1. The molecule has 0 saturated heterocycles. The van der Waals surface area contributed by atoms with Crippen LogP contribution in [0.2, 0.25) is 0 Å². The summed E-state index contributed by atoms with van der Waals surface area (Å²) < 4.78 is 1.01. The Balaban J connectivity index is 2.51.